The quantitative estimate of drug-likeness (QED) is 0.257. The predicted molar refractivity (Wildman–Crippen MR) is 143 cm³/mol. The lowest BCUT2D eigenvalue weighted by Crippen LogP contribution is -2.18. The van der Waals surface area contributed by atoms with Crippen LogP contribution < -0.4 is 10.1 Å². The SMILES string of the molecule is CCOC(=O)c1c(NC(=O)CSc2nnc(COc3cc(Cl)ccc3Cl)n2C)sc2c1CCC(C)C2. The number of aromatic nitrogens is 3. The number of carbonyl (C=O) groups is 2. The summed E-state index contributed by atoms with van der Waals surface area (Å²) in [6, 6.07) is 4.97. The maximum atomic E-state index is 12.8. The van der Waals surface area contributed by atoms with Crippen molar-refractivity contribution in [1.82, 2.24) is 14.8 Å². The summed E-state index contributed by atoms with van der Waals surface area (Å²) in [5, 5.41) is 13.3. The van der Waals surface area contributed by atoms with Gasteiger partial charge in [0.1, 0.15) is 17.4 Å². The first-order valence-corrected chi connectivity index (χ1v) is 14.0. The Morgan fingerprint density at radius 1 is 1.31 bits per heavy atom. The molecule has 1 atom stereocenters. The van der Waals surface area contributed by atoms with Gasteiger partial charge in [0.15, 0.2) is 11.0 Å². The third kappa shape index (κ3) is 6.16. The van der Waals surface area contributed by atoms with Gasteiger partial charge in [-0.15, -0.1) is 21.5 Å². The van der Waals surface area contributed by atoms with Gasteiger partial charge in [-0.3, -0.25) is 4.79 Å². The van der Waals surface area contributed by atoms with Crippen molar-refractivity contribution < 1.29 is 19.1 Å². The molecule has 2 heterocycles. The second-order valence-electron chi connectivity index (χ2n) is 8.43. The van der Waals surface area contributed by atoms with Gasteiger partial charge in [-0.05, 0) is 49.8 Å². The lowest BCUT2D eigenvalue weighted by molar-refractivity contribution is -0.113. The molecule has 1 amide bonds. The van der Waals surface area contributed by atoms with Crippen LogP contribution in [0.25, 0.3) is 0 Å². The van der Waals surface area contributed by atoms with Crippen LogP contribution in [0.5, 0.6) is 5.75 Å². The van der Waals surface area contributed by atoms with Crippen molar-refractivity contribution in [1.29, 1.82) is 0 Å². The molecule has 0 spiro atoms. The van der Waals surface area contributed by atoms with Crippen LogP contribution in [0, 0.1) is 5.92 Å². The van der Waals surface area contributed by atoms with Crippen LogP contribution in [0.15, 0.2) is 23.4 Å². The van der Waals surface area contributed by atoms with E-state index in [0.717, 1.165) is 29.7 Å². The molecule has 0 aliphatic heterocycles. The largest absolute Gasteiger partial charge is 0.484 e. The van der Waals surface area contributed by atoms with Crippen LogP contribution >= 0.6 is 46.3 Å². The standard InChI is InChI=1S/C24H26Cl2N4O4S2/c1-4-33-23(32)21-15-7-5-13(2)9-18(15)36-22(21)27-20(31)12-35-24-29-28-19(30(24)3)11-34-17-10-14(25)6-8-16(17)26/h6,8,10,13H,4-5,7,9,11-12H2,1-3H3,(H,27,31). The lowest BCUT2D eigenvalue weighted by atomic mass is 9.88. The summed E-state index contributed by atoms with van der Waals surface area (Å²) in [4.78, 5) is 26.6. The van der Waals surface area contributed by atoms with Crippen molar-refractivity contribution in [3.05, 3.63) is 50.1 Å². The number of carbonyl (C=O) groups excluding carboxylic acids is 2. The topological polar surface area (TPSA) is 95.3 Å². The molecule has 36 heavy (non-hydrogen) atoms. The fourth-order valence-electron chi connectivity index (χ4n) is 3.88. The molecular formula is C24H26Cl2N4O4S2. The van der Waals surface area contributed by atoms with E-state index in [2.05, 4.69) is 22.4 Å². The van der Waals surface area contributed by atoms with E-state index in [9.17, 15) is 9.59 Å². The fourth-order valence-corrected chi connectivity index (χ4v) is 6.36. The molecule has 4 rings (SSSR count). The first kappa shape index (κ1) is 26.8. The molecular weight excluding hydrogens is 543 g/mol. The predicted octanol–water partition coefficient (Wildman–Crippen LogP) is 5.79. The maximum absolute atomic E-state index is 12.8. The third-order valence-electron chi connectivity index (χ3n) is 5.75. The number of anilines is 1. The molecule has 0 bridgehead atoms. The zero-order chi connectivity index (χ0) is 25.8. The Kier molecular flexibility index (Phi) is 8.82. The van der Waals surface area contributed by atoms with E-state index in [4.69, 9.17) is 32.7 Å². The van der Waals surface area contributed by atoms with Crippen LogP contribution in [0.3, 0.4) is 0 Å². The number of nitrogens with one attached hydrogen (secondary N) is 1. The summed E-state index contributed by atoms with van der Waals surface area (Å²) >= 11 is 14.9. The normalized spacial score (nSPS) is 14.9. The van der Waals surface area contributed by atoms with E-state index >= 15 is 0 Å². The molecule has 1 N–H and O–H groups in total. The van der Waals surface area contributed by atoms with Gasteiger partial charge >= 0.3 is 5.97 Å². The number of halogens is 2. The Labute approximate surface area is 227 Å². The molecule has 1 aliphatic carbocycles. The number of hydrogen-bond acceptors (Lipinski definition) is 8. The Hall–Kier alpha value is -2.27. The van der Waals surface area contributed by atoms with Crippen LogP contribution in [-0.4, -0.2) is 39.0 Å². The molecule has 0 saturated heterocycles. The van der Waals surface area contributed by atoms with Gasteiger partial charge in [0.05, 0.1) is 22.9 Å². The number of thioether (sulfide) groups is 1. The zero-order valence-electron chi connectivity index (χ0n) is 20.1. The third-order valence-corrected chi connectivity index (χ3v) is 8.49. The van der Waals surface area contributed by atoms with Gasteiger partial charge in [-0.25, -0.2) is 4.79 Å². The lowest BCUT2D eigenvalue weighted by Gasteiger charge is -2.18. The van der Waals surface area contributed by atoms with Crippen LogP contribution in [0.1, 0.15) is 46.9 Å². The van der Waals surface area contributed by atoms with Crippen molar-refractivity contribution in [3.63, 3.8) is 0 Å². The van der Waals surface area contributed by atoms with Crippen LogP contribution in [0.4, 0.5) is 5.00 Å². The maximum Gasteiger partial charge on any atom is 0.341 e. The Morgan fingerprint density at radius 2 is 2.11 bits per heavy atom. The number of benzene rings is 1. The highest BCUT2D eigenvalue weighted by Gasteiger charge is 2.29. The molecule has 2 aromatic heterocycles. The van der Waals surface area contributed by atoms with Crippen LogP contribution in [-0.2, 0) is 36.0 Å². The smallest absolute Gasteiger partial charge is 0.341 e. The van der Waals surface area contributed by atoms with Crippen LogP contribution in [0.2, 0.25) is 10.0 Å². The summed E-state index contributed by atoms with van der Waals surface area (Å²) in [7, 11) is 1.80. The van der Waals surface area contributed by atoms with Crippen molar-refractivity contribution in [2.45, 2.75) is 44.9 Å². The number of esters is 1. The fraction of sp³-hybridized carbons (Fsp3) is 0.417. The number of rotatable bonds is 9. The number of thiophene rings is 1. The second-order valence-corrected chi connectivity index (χ2v) is 11.3. The van der Waals surface area contributed by atoms with Crippen molar-refractivity contribution in [3.8, 4) is 5.75 Å². The van der Waals surface area contributed by atoms with E-state index in [0.29, 0.717) is 43.3 Å². The van der Waals surface area contributed by atoms with E-state index < -0.39 is 0 Å². The van der Waals surface area contributed by atoms with Gasteiger partial charge in [0.2, 0.25) is 5.91 Å². The minimum absolute atomic E-state index is 0.105. The summed E-state index contributed by atoms with van der Waals surface area (Å²) in [5.41, 5.74) is 1.51. The number of nitrogens with zero attached hydrogens (tertiary/aromatic N) is 3. The van der Waals surface area contributed by atoms with E-state index in [1.807, 2.05) is 0 Å². The van der Waals surface area contributed by atoms with E-state index in [1.54, 1.807) is 36.7 Å². The van der Waals surface area contributed by atoms with E-state index in [1.165, 1.54) is 23.1 Å². The molecule has 0 saturated carbocycles. The molecule has 12 heteroatoms. The number of amides is 1. The van der Waals surface area contributed by atoms with Gasteiger partial charge in [-0.2, -0.15) is 0 Å². The summed E-state index contributed by atoms with van der Waals surface area (Å²) < 4.78 is 12.8. The van der Waals surface area contributed by atoms with Crippen molar-refractivity contribution in [2.24, 2.45) is 13.0 Å². The highest BCUT2D eigenvalue weighted by Crippen LogP contribution is 2.40. The first-order valence-electron chi connectivity index (χ1n) is 11.5. The van der Waals surface area contributed by atoms with Gasteiger partial charge < -0.3 is 19.4 Å². The monoisotopic (exact) mass is 568 g/mol. The van der Waals surface area contributed by atoms with E-state index in [-0.39, 0.29) is 30.8 Å². The van der Waals surface area contributed by atoms with Crippen molar-refractivity contribution >= 4 is 63.2 Å². The van der Waals surface area contributed by atoms with Gasteiger partial charge in [-0.1, -0.05) is 41.9 Å². The Morgan fingerprint density at radius 3 is 2.89 bits per heavy atom. The number of ether oxygens (including phenoxy) is 2. The zero-order valence-corrected chi connectivity index (χ0v) is 23.2. The summed E-state index contributed by atoms with van der Waals surface area (Å²) in [6.45, 7) is 4.39. The average molecular weight is 570 g/mol. The molecule has 0 fully saturated rings. The molecule has 3 aromatic rings. The summed E-state index contributed by atoms with van der Waals surface area (Å²) in [6.07, 6.45) is 2.73. The summed E-state index contributed by atoms with van der Waals surface area (Å²) in [5.74, 6) is 1.06. The Bertz CT molecular complexity index is 1280. The first-order chi connectivity index (χ1) is 17.3. The highest BCUT2D eigenvalue weighted by molar-refractivity contribution is 7.99. The van der Waals surface area contributed by atoms with Gasteiger partial charge in [0, 0.05) is 23.0 Å². The molecule has 192 valence electrons. The molecule has 8 nitrogen and oxygen atoms in total. The van der Waals surface area contributed by atoms with Gasteiger partial charge in [0.25, 0.3) is 0 Å². The average Bonchev–Trinajstić information content (AvgIpc) is 3.37. The molecule has 1 aliphatic rings. The molecule has 0 radical (unpaired) electrons. The number of fused-ring (bicyclic) bond motifs is 1. The highest BCUT2D eigenvalue weighted by atomic mass is 35.5. The number of hydrogen-bond donors (Lipinski definition) is 1. The van der Waals surface area contributed by atoms with Crippen molar-refractivity contribution in [2.75, 3.05) is 17.7 Å². The minimum atomic E-state index is -0.384. The second kappa shape index (κ2) is 11.9. The molecule has 1 aromatic carbocycles. The Balaban J connectivity index is 1.39. The molecule has 1 unspecified atom stereocenters. The minimum Gasteiger partial charge on any atom is -0.484 e.